The molecule has 3 heteroatoms. The third kappa shape index (κ3) is 2.39. The van der Waals surface area contributed by atoms with Crippen LogP contribution < -0.4 is 4.74 Å². The summed E-state index contributed by atoms with van der Waals surface area (Å²) >= 11 is 0. The Bertz CT molecular complexity index is 645. The molecule has 2 aromatic rings. The first-order chi connectivity index (χ1) is 9.78. The summed E-state index contributed by atoms with van der Waals surface area (Å²) in [5.74, 6) is 0.890. The number of ether oxygens (including phenoxy) is 1. The fourth-order valence-electron chi connectivity index (χ4n) is 2.56. The lowest BCUT2D eigenvalue weighted by molar-refractivity contribution is 0.303. The molecule has 0 heterocycles. The molecule has 1 N–H and O–H groups in total. The highest BCUT2D eigenvalue weighted by molar-refractivity contribution is 6.04. The van der Waals surface area contributed by atoms with E-state index in [0.717, 1.165) is 41.0 Å². The highest BCUT2D eigenvalue weighted by Gasteiger charge is 2.21. The van der Waals surface area contributed by atoms with Crippen LogP contribution in [0.1, 0.15) is 28.7 Å². The van der Waals surface area contributed by atoms with Crippen molar-refractivity contribution in [1.82, 2.24) is 0 Å². The second-order valence-corrected chi connectivity index (χ2v) is 5.10. The Balaban J connectivity index is 1.79. The van der Waals surface area contributed by atoms with Crippen molar-refractivity contribution >= 4 is 5.71 Å². The van der Waals surface area contributed by atoms with E-state index in [-0.39, 0.29) is 0 Å². The van der Waals surface area contributed by atoms with Gasteiger partial charge in [-0.25, -0.2) is 0 Å². The van der Waals surface area contributed by atoms with E-state index < -0.39 is 0 Å². The SMILES string of the molecule is Cc1ccc(COc2cccc3c2CCC3=NO)cc1. The number of hydrogen-bond acceptors (Lipinski definition) is 3. The minimum atomic E-state index is 0.558. The maximum absolute atomic E-state index is 8.98. The van der Waals surface area contributed by atoms with Crippen LogP contribution in [0, 0.1) is 6.92 Å². The van der Waals surface area contributed by atoms with Gasteiger partial charge in [0.15, 0.2) is 0 Å². The van der Waals surface area contributed by atoms with Crippen molar-refractivity contribution in [3.63, 3.8) is 0 Å². The number of aryl methyl sites for hydroxylation is 1. The topological polar surface area (TPSA) is 41.8 Å². The highest BCUT2D eigenvalue weighted by Crippen LogP contribution is 2.31. The van der Waals surface area contributed by atoms with E-state index in [1.54, 1.807) is 0 Å². The van der Waals surface area contributed by atoms with Crippen LogP contribution in [-0.4, -0.2) is 10.9 Å². The normalized spacial score (nSPS) is 15.3. The lowest BCUT2D eigenvalue weighted by Crippen LogP contribution is -1.99. The number of rotatable bonds is 3. The van der Waals surface area contributed by atoms with Crippen molar-refractivity contribution in [1.29, 1.82) is 0 Å². The summed E-state index contributed by atoms with van der Waals surface area (Å²) in [5, 5.41) is 12.3. The van der Waals surface area contributed by atoms with E-state index in [9.17, 15) is 0 Å². The molecule has 0 bridgehead atoms. The summed E-state index contributed by atoms with van der Waals surface area (Å²) in [6, 6.07) is 14.2. The lowest BCUT2D eigenvalue weighted by atomic mass is 10.1. The first-order valence-electron chi connectivity index (χ1n) is 6.79. The Hall–Kier alpha value is -2.29. The van der Waals surface area contributed by atoms with Gasteiger partial charge >= 0.3 is 0 Å². The fourth-order valence-corrected chi connectivity index (χ4v) is 2.56. The van der Waals surface area contributed by atoms with Gasteiger partial charge in [-0.05, 0) is 31.4 Å². The Morgan fingerprint density at radius 3 is 2.65 bits per heavy atom. The summed E-state index contributed by atoms with van der Waals surface area (Å²) in [5.41, 5.74) is 5.31. The maximum atomic E-state index is 8.98. The molecule has 0 atom stereocenters. The number of hydrogen-bond donors (Lipinski definition) is 1. The smallest absolute Gasteiger partial charge is 0.123 e. The zero-order valence-electron chi connectivity index (χ0n) is 11.5. The summed E-state index contributed by atoms with van der Waals surface area (Å²) in [6.07, 6.45) is 1.65. The molecule has 0 spiro atoms. The molecule has 102 valence electrons. The van der Waals surface area contributed by atoms with E-state index in [0.29, 0.717) is 6.61 Å². The highest BCUT2D eigenvalue weighted by atomic mass is 16.5. The molecule has 0 saturated heterocycles. The molecule has 0 fully saturated rings. The molecule has 0 unspecified atom stereocenters. The minimum absolute atomic E-state index is 0.558. The van der Waals surface area contributed by atoms with Crippen molar-refractivity contribution in [3.8, 4) is 5.75 Å². The molecule has 0 saturated carbocycles. The van der Waals surface area contributed by atoms with Crippen LogP contribution in [0.4, 0.5) is 0 Å². The van der Waals surface area contributed by atoms with Gasteiger partial charge < -0.3 is 9.94 Å². The number of benzene rings is 2. The van der Waals surface area contributed by atoms with Crippen LogP contribution in [0.3, 0.4) is 0 Å². The largest absolute Gasteiger partial charge is 0.489 e. The van der Waals surface area contributed by atoms with Gasteiger partial charge in [0, 0.05) is 11.1 Å². The monoisotopic (exact) mass is 267 g/mol. The number of nitrogens with zero attached hydrogens (tertiary/aromatic N) is 1. The molecular weight excluding hydrogens is 250 g/mol. The lowest BCUT2D eigenvalue weighted by Gasteiger charge is -2.10. The third-order valence-corrected chi connectivity index (χ3v) is 3.69. The molecule has 1 aliphatic carbocycles. The average molecular weight is 267 g/mol. The molecule has 2 aromatic carbocycles. The Morgan fingerprint density at radius 1 is 1.10 bits per heavy atom. The molecule has 0 amide bonds. The summed E-state index contributed by atoms with van der Waals surface area (Å²) in [4.78, 5) is 0. The van der Waals surface area contributed by atoms with Gasteiger partial charge in [0.1, 0.15) is 12.4 Å². The predicted molar refractivity (Wildman–Crippen MR) is 78.6 cm³/mol. The number of fused-ring (bicyclic) bond motifs is 1. The average Bonchev–Trinajstić information content (AvgIpc) is 2.90. The zero-order valence-corrected chi connectivity index (χ0v) is 11.5. The fraction of sp³-hybridized carbons (Fsp3) is 0.235. The van der Waals surface area contributed by atoms with Crippen LogP contribution in [0.25, 0.3) is 0 Å². The molecular formula is C17H17NO2. The quantitative estimate of drug-likeness (QED) is 0.680. The van der Waals surface area contributed by atoms with Gasteiger partial charge in [0.25, 0.3) is 0 Å². The molecule has 0 aliphatic heterocycles. The summed E-state index contributed by atoms with van der Waals surface area (Å²) in [7, 11) is 0. The Kier molecular flexibility index (Phi) is 3.42. The van der Waals surface area contributed by atoms with Crippen molar-refractivity contribution in [2.75, 3.05) is 0 Å². The van der Waals surface area contributed by atoms with Gasteiger partial charge in [-0.15, -0.1) is 0 Å². The van der Waals surface area contributed by atoms with E-state index in [2.05, 4.69) is 36.3 Å². The van der Waals surface area contributed by atoms with E-state index in [1.165, 1.54) is 5.56 Å². The second kappa shape index (κ2) is 5.37. The van der Waals surface area contributed by atoms with E-state index >= 15 is 0 Å². The standard InChI is InChI=1S/C17H17NO2/c1-12-5-7-13(8-6-12)11-20-17-4-2-3-14-15(17)9-10-16(14)18-19/h2-8,19H,9-11H2,1H3. The van der Waals surface area contributed by atoms with Gasteiger partial charge in [0.05, 0.1) is 5.71 Å². The van der Waals surface area contributed by atoms with Crippen molar-refractivity contribution in [3.05, 3.63) is 64.7 Å². The third-order valence-electron chi connectivity index (χ3n) is 3.69. The van der Waals surface area contributed by atoms with Crippen LogP contribution in [-0.2, 0) is 13.0 Å². The molecule has 0 aromatic heterocycles. The minimum Gasteiger partial charge on any atom is -0.489 e. The summed E-state index contributed by atoms with van der Waals surface area (Å²) in [6.45, 7) is 2.63. The molecule has 0 radical (unpaired) electrons. The van der Waals surface area contributed by atoms with Crippen LogP contribution in [0.5, 0.6) is 5.75 Å². The van der Waals surface area contributed by atoms with Crippen molar-refractivity contribution < 1.29 is 9.94 Å². The van der Waals surface area contributed by atoms with Gasteiger partial charge in [-0.2, -0.15) is 0 Å². The van der Waals surface area contributed by atoms with Crippen molar-refractivity contribution in [2.45, 2.75) is 26.4 Å². The van der Waals surface area contributed by atoms with Gasteiger partial charge in [-0.3, -0.25) is 0 Å². The first kappa shape index (κ1) is 12.7. The Morgan fingerprint density at radius 2 is 1.90 bits per heavy atom. The van der Waals surface area contributed by atoms with E-state index in [4.69, 9.17) is 9.94 Å². The van der Waals surface area contributed by atoms with Crippen LogP contribution in [0.2, 0.25) is 0 Å². The predicted octanol–water partition coefficient (Wildman–Crippen LogP) is 3.70. The second-order valence-electron chi connectivity index (χ2n) is 5.10. The number of oxime groups is 1. The first-order valence-corrected chi connectivity index (χ1v) is 6.79. The van der Waals surface area contributed by atoms with Crippen LogP contribution >= 0.6 is 0 Å². The van der Waals surface area contributed by atoms with Gasteiger partial charge in [-0.1, -0.05) is 47.1 Å². The molecule has 1 aliphatic rings. The molecule has 3 nitrogen and oxygen atoms in total. The molecule has 20 heavy (non-hydrogen) atoms. The summed E-state index contributed by atoms with van der Waals surface area (Å²) < 4.78 is 5.93. The Labute approximate surface area is 118 Å². The van der Waals surface area contributed by atoms with Gasteiger partial charge in [0.2, 0.25) is 0 Å². The van der Waals surface area contributed by atoms with E-state index in [1.807, 2.05) is 18.2 Å². The zero-order chi connectivity index (χ0) is 13.9. The molecule has 3 rings (SSSR count). The maximum Gasteiger partial charge on any atom is 0.123 e. The van der Waals surface area contributed by atoms with Crippen molar-refractivity contribution in [2.24, 2.45) is 5.16 Å². The van der Waals surface area contributed by atoms with Crippen LogP contribution in [0.15, 0.2) is 47.6 Å².